The van der Waals surface area contributed by atoms with Crippen LogP contribution in [-0.4, -0.2) is 36.1 Å². The van der Waals surface area contributed by atoms with E-state index < -0.39 is 0 Å². The van der Waals surface area contributed by atoms with Crippen LogP contribution in [-0.2, 0) is 0 Å². The van der Waals surface area contributed by atoms with E-state index >= 15 is 0 Å². The van der Waals surface area contributed by atoms with E-state index in [2.05, 4.69) is 57.5 Å². The summed E-state index contributed by atoms with van der Waals surface area (Å²) in [6, 6.07) is 1.72. The van der Waals surface area contributed by atoms with Gasteiger partial charge in [-0.05, 0) is 18.8 Å². The van der Waals surface area contributed by atoms with Crippen LogP contribution in [0.25, 0.3) is 0 Å². The van der Waals surface area contributed by atoms with E-state index in [1.54, 1.807) is 0 Å². The summed E-state index contributed by atoms with van der Waals surface area (Å²) in [7, 11) is 0. The second kappa shape index (κ2) is 5.33. The number of nitrogens with zero attached hydrogens (tertiary/aromatic N) is 1. The summed E-state index contributed by atoms with van der Waals surface area (Å²) >= 11 is 0. The fourth-order valence-corrected chi connectivity index (χ4v) is 2.41. The predicted molar refractivity (Wildman–Crippen MR) is 71.7 cm³/mol. The van der Waals surface area contributed by atoms with Crippen molar-refractivity contribution in [3.05, 3.63) is 12.7 Å². The third kappa shape index (κ3) is 3.08. The smallest absolute Gasteiger partial charge is 0.0251 e. The molecule has 0 radical (unpaired) electrons. The van der Waals surface area contributed by atoms with Gasteiger partial charge in [-0.3, -0.25) is 4.90 Å². The van der Waals surface area contributed by atoms with Gasteiger partial charge < -0.3 is 5.32 Å². The Bertz CT molecular complexity index is 229. The Morgan fingerprint density at radius 1 is 1.50 bits per heavy atom. The van der Waals surface area contributed by atoms with Crippen molar-refractivity contribution in [2.45, 2.75) is 59.2 Å². The lowest BCUT2D eigenvalue weighted by Crippen LogP contribution is -2.61. The van der Waals surface area contributed by atoms with Crippen molar-refractivity contribution in [3.8, 4) is 0 Å². The first-order valence-electron chi connectivity index (χ1n) is 6.51. The van der Waals surface area contributed by atoms with Crippen molar-refractivity contribution in [2.75, 3.05) is 13.1 Å². The van der Waals surface area contributed by atoms with Crippen molar-refractivity contribution in [2.24, 2.45) is 5.41 Å². The standard InChI is InChI=1S/C14H28N2/c1-7-11(3)16-10-13(14(4,5)6)15-9-12(16)8-2/h7,11-13,15H,1,8-10H2,2-6H3. The van der Waals surface area contributed by atoms with Crippen LogP contribution in [0.2, 0.25) is 0 Å². The summed E-state index contributed by atoms with van der Waals surface area (Å²) < 4.78 is 0. The van der Waals surface area contributed by atoms with E-state index in [9.17, 15) is 0 Å². The topological polar surface area (TPSA) is 15.3 Å². The first kappa shape index (κ1) is 13.7. The van der Waals surface area contributed by atoms with E-state index in [0.29, 0.717) is 23.5 Å². The van der Waals surface area contributed by atoms with Crippen LogP contribution in [0.1, 0.15) is 41.0 Å². The maximum absolute atomic E-state index is 3.93. The first-order valence-corrected chi connectivity index (χ1v) is 6.51. The Morgan fingerprint density at radius 3 is 2.56 bits per heavy atom. The van der Waals surface area contributed by atoms with Crippen molar-refractivity contribution < 1.29 is 0 Å². The SMILES string of the molecule is C=CC(C)N1CC(C(C)(C)C)NCC1CC. The lowest BCUT2D eigenvalue weighted by Gasteiger charge is -2.46. The minimum absolute atomic E-state index is 0.331. The third-order valence-corrected chi connectivity index (χ3v) is 3.84. The Balaban J connectivity index is 2.73. The molecule has 1 rings (SSSR count). The molecule has 0 spiro atoms. The molecule has 0 aliphatic carbocycles. The van der Waals surface area contributed by atoms with Crippen molar-refractivity contribution in [1.29, 1.82) is 0 Å². The van der Waals surface area contributed by atoms with Crippen LogP contribution in [0.5, 0.6) is 0 Å². The average molecular weight is 224 g/mol. The molecular formula is C14H28N2. The molecule has 1 aliphatic rings. The van der Waals surface area contributed by atoms with Crippen LogP contribution in [0.4, 0.5) is 0 Å². The number of nitrogens with one attached hydrogen (secondary N) is 1. The van der Waals surface area contributed by atoms with Crippen LogP contribution >= 0.6 is 0 Å². The lowest BCUT2D eigenvalue weighted by atomic mass is 9.84. The van der Waals surface area contributed by atoms with Crippen molar-refractivity contribution >= 4 is 0 Å². The molecule has 0 aromatic carbocycles. The number of rotatable bonds is 3. The largest absolute Gasteiger partial charge is 0.311 e. The predicted octanol–water partition coefficient (Wildman–Crippen LogP) is 2.66. The fraction of sp³-hybridized carbons (Fsp3) is 0.857. The quantitative estimate of drug-likeness (QED) is 0.741. The molecule has 2 heteroatoms. The Morgan fingerprint density at radius 2 is 2.12 bits per heavy atom. The third-order valence-electron chi connectivity index (χ3n) is 3.84. The van der Waals surface area contributed by atoms with Gasteiger partial charge in [-0.15, -0.1) is 6.58 Å². The molecule has 0 amide bonds. The van der Waals surface area contributed by atoms with Crippen molar-refractivity contribution in [1.82, 2.24) is 10.2 Å². The second-order valence-electron chi connectivity index (χ2n) is 6.06. The van der Waals surface area contributed by atoms with E-state index in [-0.39, 0.29) is 0 Å². The number of piperazine rings is 1. The molecule has 0 aromatic heterocycles. The van der Waals surface area contributed by atoms with Gasteiger partial charge in [0, 0.05) is 31.2 Å². The highest BCUT2D eigenvalue weighted by molar-refractivity contribution is 4.96. The van der Waals surface area contributed by atoms with Gasteiger partial charge in [-0.1, -0.05) is 33.8 Å². The van der Waals surface area contributed by atoms with Gasteiger partial charge in [-0.25, -0.2) is 0 Å². The van der Waals surface area contributed by atoms with Gasteiger partial charge in [-0.2, -0.15) is 0 Å². The summed E-state index contributed by atoms with van der Waals surface area (Å²) in [6.07, 6.45) is 3.27. The van der Waals surface area contributed by atoms with E-state index in [4.69, 9.17) is 0 Å². The summed E-state index contributed by atoms with van der Waals surface area (Å²) in [5, 5.41) is 3.69. The average Bonchev–Trinajstić information content (AvgIpc) is 2.25. The molecule has 1 heterocycles. The maximum atomic E-state index is 3.93. The van der Waals surface area contributed by atoms with Gasteiger partial charge in [0.25, 0.3) is 0 Å². The molecule has 0 aromatic rings. The van der Waals surface area contributed by atoms with Gasteiger partial charge in [0.2, 0.25) is 0 Å². The zero-order valence-corrected chi connectivity index (χ0v) is 11.6. The first-order chi connectivity index (χ1) is 7.40. The zero-order valence-electron chi connectivity index (χ0n) is 11.6. The highest BCUT2D eigenvalue weighted by Crippen LogP contribution is 2.25. The molecule has 94 valence electrons. The lowest BCUT2D eigenvalue weighted by molar-refractivity contribution is 0.0679. The normalized spacial score (nSPS) is 30.1. The Hall–Kier alpha value is -0.340. The molecule has 1 fully saturated rings. The molecule has 3 atom stereocenters. The molecule has 0 saturated carbocycles. The number of hydrogen-bond acceptors (Lipinski definition) is 2. The monoisotopic (exact) mass is 224 g/mol. The van der Waals surface area contributed by atoms with E-state index in [0.717, 1.165) is 13.1 Å². The molecule has 1 saturated heterocycles. The Kier molecular flexibility index (Phi) is 4.57. The zero-order chi connectivity index (χ0) is 12.3. The fourth-order valence-electron chi connectivity index (χ4n) is 2.41. The molecule has 1 N–H and O–H groups in total. The van der Waals surface area contributed by atoms with Gasteiger partial charge in [0.1, 0.15) is 0 Å². The molecular weight excluding hydrogens is 196 g/mol. The molecule has 0 bridgehead atoms. The molecule has 16 heavy (non-hydrogen) atoms. The minimum Gasteiger partial charge on any atom is -0.311 e. The summed E-state index contributed by atoms with van der Waals surface area (Å²) in [5.41, 5.74) is 0.331. The highest BCUT2D eigenvalue weighted by Gasteiger charge is 2.34. The summed E-state index contributed by atoms with van der Waals surface area (Å²) in [6.45, 7) is 17.6. The summed E-state index contributed by atoms with van der Waals surface area (Å²) in [5.74, 6) is 0. The van der Waals surface area contributed by atoms with Crippen LogP contribution in [0, 0.1) is 5.41 Å². The summed E-state index contributed by atoms with van der Waals surface area (Å²) in [4.78, 5) is 2.60. The van der Waals surface area contributed by atoms with Gasteiger partial charge >= 0.3 is 0 Å². The highest BCUT2D eigenvalue weighted by atomic mass is 15.3. The second-order valence-corrected chi connectivity index (χ2v) is 6.06. The van der Waals surface area contributed by atoms with Gasteiger partial charge in [0.05, 0.1) is 0 Å². The molecule has 1 aliphatic heterocycles. The van der Waals surface area contributed by atoms with E-state index in [1.165, 1.54) is 6.42 Å². The van der Waals surface area contributed by atoms with Gasteiger partial charge in [0.15, 0.2) is 0 Å². The maximum Gasteiger partial charge on any atom is 0.0251 e. The van der Waals surface area contributed by atoms with Crippen LogP contribution in [0.15, 0.2) is 12.7 Å². The van der Waals surface area contributed by atoms with Crippen LogP contribution in [0.3, 0.4) is 0 Å². The number of hydrogen-bond donors (Lipinski definition) is 1. The molecule has 2 nitrogen and oxygen atoms in total. The minimum atomic E-state index is 0.331. The van der Waals surface area contributed by atoms with Crippen molar-refractivity contribution in [3.63, 3.8) is 0 Å². The molecule has 3 unspecified atom stereocenters. The van der Waals surface area contributed by atoms with Crippen LogP contribution < -0.4 is 5.32 Å². The Labute approximate surface area is 101 Å². The van der Waals surface area contributed by atoms with E-state index in [1.807, 2.05) is 0 Å².